The predicted octanol–water partition coefficient (Wildman–Crippen LogP) is 6.69. The van der Waals surface area contributed by atoms with Gasteiger partial charge in [0.2, 0.25) is 0 Å². The lowest BCUT2D eigenvalue weighted by Gasteiger charge is -2.32. The summed E-state index contributed by atoms with van der Waals surface area (Å²) in [6.45, 7) is 8.38. The van der Waals surface area contributed by atoms with Gasteiger partial charge in [0, 0.05) is 16.3 Å². The highest BCUT2D eigenvalue weighted by molar-refractivity contribution is 6.62. The van der Waals surface area contributed by atoms with Crippen LogP contribution in [0.2, 0.25) is 0 Å². The van der Waals surface area contributed by atoms with Crippen LogP contribution >= 0.6 is 0 Å². The van der Waals surface area contributed by atoms with Crippen molar-refractivity contribution in [3.8, 4) is 22.3 Å². The van der Waals surface area contributed by atoms with Crippen LogP contribution in [0.15, 0.2) is 71.1 Å². The summed E-state index contributed by atoms with van der Waals surface area (Å²) in [4.78, 5) is 0. The van der Waals surface area contributed by atoms with E-state index in [2.05, 4.69) is 82.3 Å². The predicted molar refractivity (Wildman–Crippen MR) is 131 cm³/mol. The van der Waals surface area contributed by atoms with E-state index >= 15 is 0 Å². The topological polar surface area (TPSA) is 31.6 Å². The largest absolute Gasteiger partial charge is 0.494 e. The number of para-hydroxylation sites is 1. The average molecular weight is 418 g/mol. The minimum Gasteiger partial charge on any atom is -0.455 e. The second-order valence-corrected chi connectivity index (χ2v) is 10.0. The summed E-state index contributed by atoms with van der Waals surface area (Å²) in [6, 6.07) is 23.7. The van der Waals surface area contributed by atoms with E-state index in [-0.39, 0.29) is 11.2 Å². The van der Waals surface area contributed by atoms with Gasteiger partial charge < -0.3 is 13.7 Å². The Morgan fingerprint density at radius 2 is 1.47 bits per heavy atom. The summed E-state index contributed by atoms with van der Waals surface area (Å²) in [6.07, 6.45) is 0. The molecular weight excluding hydrogens is 395 g/mol. The molecule has 0 amide bonds. The zero-order chi connectivity index (χ0) is 21.8. The van der Waals surface area contributed by atoms with E-state index in [1.807, 2.05) is 12.1 Å². The highest BCUT2D eigenvalue weighted by atomic mass is 16.7. The zero-order valence-corrected chi connectivity index (χ0v) is 18.7. The highest BCUT2D eigenvalue weighted by Gasteiger charge is 2.52. The molecule has 1 aliphatic carbocycles. The third-order valence-electron chi connectivity index (χ3n) is 7.63. The normalized spacial score (nSPS) is 18.2. The number of hydrogen-bond acceptors (Lipinski definition) is 3. The van der Waals surface area contributed by atoms with Gasteiger partial charge in [0.1, 0.15) is 11.2 Å². The first-order valence-corrected chi connectivity index (χ1v) is 11.2. The fourth-order valence-electron chi connectivity index (χ4n) is 5.27. The van der Waals surface area contributed by atoms with Crippen molar-refractivity contribution in [2.75, 3.05) is 0 Å². The summed E-state index contributed by atoms with van der Waals surface area (Å²) in [5.41, 5.74) is 7.02. The van der Waals surface area contributed by atoms with Crippen molar-refractivity contribution in [3.05, 3.63) is 66.7 Å². The molecule has 0 radical (unpaired) electrons. The van der Waals surface area contributed by atoms with E-state index in [1.54, 1.807) is 0 Å². The lowest BCUT2D eigenvalue weighted by molar-refractivity contribution is 0.00578. The molecular formula is C28H23BO3. The van der Waals surface area contributed by atoms with Gasteiger partial charge in [0.15, 0.2) is 0 Å². The lowest BCUT2D eigenvalue weighted by atomic mass is 9.77. The highest BCUT2D eigenvalue weighted by Crippen LogP contribution is 2.51. The monoisotopic (exact) mass is 418 g/mol. The van der Waals surface area contributed by atoms with Crippen LogP contribution < -0.4 is 5.46 Å². The van der Waals surface area contributed by atoms with Crippen molar-refractivity contribution < 1.29 is 13.7 Å². The fraction of sp³-hybridized carbons (Fsp3) is 0.214. The van der Waals surface area contributed by atoms with E-state index < -0.39 is 7.12 Å². The summed E-state index contributed by atoms with van der Waals surface area (Å²) in [5, 5.41) is 4.78. The Morgan fingerprint density at radius 3 is 2.28 bits per heavy atom. The smallest absolute Gasteiger partial charge is 0.455 e. The molecule has 0 saturated carbocycles. The Morgan fingerprint density at radius 1 is 0.688 bits per heavy atom. The van der Waals surface area contributed by atoms with Gasteiger partial charge in [-0.3, -0.25) is 0 Å². The molecule has 0 N–H and O–H groups in total. The third-order valence-corrected chi connectivity index (χ3v) is 7.63. The Kier molecular flexibility index (Phi) is 3.37. The third kappa shape index (κ3) is 2.24. The molecule has 2 heterocycles. The van der Waals surface area contributed by atoms with Gasteiger partial charge in [0.25, 0.3) is 0 Å². The van der Waals surface area contributed by atoms with Gasteiger partial charge in [0.05, 0.1) is 11.2 Å². The molecule has 0 bridgehead atoms. The molecule has 3 nitrogen and oxygen atoms in total. The summed E-state index contributed by atoms with van der Waals surface area (Å²) in [7, 11) is -0.400. The molecule has 7 rings (SSSR count). The SMILES string of the molecule is CC1(C)OB(c2cc3c4c(cccc4c2)-c2ccc4c(oc5ccccc54)c2-3)OC1(C)C. The van der Waals surface area contributed by atoms with Crippen molar-refractivity contribution >= 4 is 45.3 Å². The Bertz CT molecular complexity index is 1580. The van der Waals surface area contributed by atoms with Crippen LogP contribution in [0.1, 0.15) is 27.7 Å². The first kappa shape index (κ1) is 18.5. The number of fused-ring (bicyclic) bond motifs is 7. The quantitative estimate of drug-likeness (QED) is 0.279. The van der Waals surface area contributed by atoms with E-state index in [4.69, 9.17) is 13.7 Å². The Hall–Kier alpha value is -3.08. The van der Waals surface area contributed by atoms with Crippen LogP contribution in [0.5, 0.6) is 0 Å². The maximum absolute atomic E-state index is 6.43. The van der Waals surface area contributed by atoms with Crippen LogP contribution in [0, 0.1) is 0 Å². The fourth-order valence-corrected chi connectivity index (χ4v) is 5.27. The zero-order valence-electron chi connectivity index (χ0n) is 18.7. The summed E-state index contributed by atoms with van der Waals surface area (Å²) >= 11 is 0. The number of hydrogen-bond donors (Lipinski definition) is 0. The molecule has 0 atom stereocenters. The van der Waals surface area contributed by atoms with Crippen LogP contribution in [-0.2, 0) is 9.31 Å². The first-order valence-electron chi connectivity index (χ1n) is 11.2. The minimum absolute atomic E-state index is 0.376. The molecule has 0 spiro atoms. The molecule has 1 fully saturated rings. The second kappa shape index (κ2) is 5.83. The molecule has 1 aromatic heterocycles. The number of furan rings is 1. The van der Waals surface area contributed by atoms with E-state index in [1.165, 1.54) is 33.0 Å². The second-order valence-electron chi connectivity index (χ2n) is 10.0. The van der Waals surface area contributed by atoms with Gasteiger partial charge in [-0.25, -0.2) is 0 Å². The first-order chi connectivity index (χ1) is 15.3. The van der Waals surface area contributed by atoms with Crippen molar-refractivity contribution in [1.29, 1.82) is 0 Å². The lowest BCUT2D eigenvalue weighted by Crippen LogP contribution is -2.41. The van der Waals surface area contributed by atoms with Crippen LogP contribution in [0.25, 0.3) is 55.0 Å². The van der Waals surface area contributed by atoms with Crippen LogP contribution in [0.3, 0.4) is 0 Å². The van der Waals surface area contributed by atoms with Crippen molar-refractivity contribution in [2.24, 2.45) is 0 Å². The van der Waals surface area contributed by atoms with Crippen molar-refractivity contribution in [2.45, 2.75) is 38.9 Å². The number of rotatable bonds is 1. The maximum Gasteiger partial charge on any atom is 0.494 e. The molecule has 4 heteroatoms. The average Bonchev–Trinajstić information content (AvgIpc) is 3.37. The standard InChI is InChI=1S/C28H23BO3/c1-27(2)28(3,4)32-29(31-27)17-14-16-8-7-10-19-20-12-13-21-18-9-5-6-11-23(18)30-26(21)25(20)22(15-17)24(16)19/h5-15H,1-4H3. The summed E-state index contributed by atoms with van der Waals surface area (Å²) in [5.74, 6) is 0. The van der Waals surface area contributed by atoms with E-state index in [9.17, 15) is 0 Å². The summed E-state index contributed by atoms with van der Waals surface area (Å²) < 4.78 is 19.2. The van der Waals surface area contributed by atoms with Gasteiger partial charge in [-0.1, -0.05) is 54.6 Å². The Balaban J connectivity index is 1.52. The molecule has 1 saturated heterocycles. The van der Waals surface area contributed by atoms with E-state index in [0.29, 0.717) is 0 Å². The molecule has 2 aliphatic rings. The Labute approximate surface area is 187 Å². The molecule has 32 heavy (non-hydrogen) atoms. The van der Waals surface area contributed by atoms with Crippen molar-refractivity contribution in [1.82, 2.24) is 0 Å². The maximum atomic E-state index is 6.43. The molecule has 0 unspecified atom stereocenters. The molecule has 1 aliphatic heterocycles. The molecule has 156 valence electrons. The van der Waals surface area contributed by atoms with Gasteiger partial charge >= 0.3 is 7.12 Å². The molecule has 4 aromatic carbocycles. The van der Waals surface area contributed by atoms with E-state index in [0.717, 1.165) is 27.4 Å². The molecule has 5 aromatic rings. The van der Waals surface area contributed by atoms with Crippen molar-refractivity contribution in [3.63, 3.8) is 0 Å². The minimum atomic E-state index is -0.400. The van der Waals surface area contributed by atoms with Gasteiger partial charge in [-0.15, -0.1) is 0 Å². The van der Waals surface area contributed by atoms with Gasteiger partial charge in [-0.05, 0) is 72.8 Å². The van der Waals surface area contributed by atoms with Crippen LogP contribution in [-0.4, -0.2) is 18.3 Å². The van der Waals surface area contributed by atoms with Crippen LogP contribution in [0.4, 0.5) is 0 Å². The number of benzene rings is 4. The van der Waals surface area contributed by atoms with Gasteiger partial charge in [-0.2, -0.15) is 0 Å².